The van der Waals surface area contributed by atoms with E-state index >= 15 is 0 Å². The number of hydrogen-bond acceptors (Lipinski definition) is 5. The Morgan fingerprint density at radius 2 is 0.724 bits per heavy atom. The molecule has 0 fully saturated rings. The van der Waals surface area contributed by atoms with Gasteiger partial charge in [0.1, 0.15) is 6.10 Å². The van der Waals surface area contributed by atoms with E-state index in [4.69, 9.17) is 4.74 Å². The Morgan fingerprint density at radius 3 is 1.05 bits per heavy atom. The monoisotopic (exact) mass is 822 g/mol. The molecule has 0 aliphatic carbocycles. The number of amides is 1. The van der Waals surface area contributed by atoms with Gasteiger partial charge >= 0.3 is 5.97 Å². The van der Waals surface area contributed by atoms with Crippen LogP contribution in [0.15, 0.2) is 0 Å². The van der Waals surface area contributed by atoms with E-state index in [2.05, 4.69) is 26.1 Å². The molecule has 0 radical (unpaired) electrons. The van der Waals surface area contributed by atoms with Crippen LogP contribution in [0.4, 0.5) is 0 Å². The molecule has 0 aliphatic rings. The number of rotatable bonds is 48. The maximum absolute atomic E-state index is 13.2. The number of aliphatic hydroxyl groups excluding tert-OH is 2. The molecule has 0 aliphatic heterocycles. The predicted octanol–water partition coefficient (Wildman–Crippen LogP) is 15.6. The summed E-state index contributed by atoms with van der Waals surface area (Å²) in [4.78, 5) is 26.1. The molecule has 0 spiro atoms. The Balaban J connectivity index is 4.49. The molecule has 3 atom stereocenters. The average Bonchev–Trinajstić information content (AvgIpc) is 3.22. The quantitative estimate of drug-likeness (QED) is 0.0420. The van der Waals surface area contributed by atoms with Gasteiger partial charge < -0.3 is 20.3 Å². The van der Waals surface area contributed by atoms with E-state index in [9.17, 15) is 19.8 Å². The van der Waals surface area contributed by atoms with Crippen molar-refractivity contribution < 1.29 is 24.5 Å². The van der Waals surface area contributed by atoms with E-state index < -0.39 is 18.2 Å². The van der Waals surface area contributed by atoms with Gasteiger partial charge in [0, 0.05) is 6.42 Å². The number of carbonyl (C=O) groups is 2. The van der Waals surface area contributed by atoms with Gasteiger partial charge in [-0.25, -0.2) is 0 Å². The molecular formula is C52H103NO5. The Bertz CT molecular complexity index is 837. The smallest absolute Gasteiger partial charge is 0.306 e. The van der Waals surface area contributed by atoms with Crippen LogP contribution in [0.2, 0.25) is 0 Å². The first-order valence-corrected chi connectivity index (χ1v) is 26.3. The largest absolute Gasteiger partial charge is 0.462 e. The van der Waals surface area contributed by atoms with Gasteiger partial charge in [-0.2, -0.15) is 0 Å². The topological polar surface area (TPSA) is 95.9 Å². The van der Waals surface area contributed by atoms with Gasteiger partial charge in [0.2, 0.25) is 5.91 Å². The van der Waals surface area contributed by atoms with E-state index in [1.807, 2.05) is 0 Å². The van der Waals surface area contributed by atoms with Crippen molar-refractivity contribution in [3.8, 4) is 0 Å². The minimum atomic E-state index is -0.778. The first kappa shape index (κ1) is 56.9. The van der Waals surface area contributed by atoms with Crippen molar-refractivity contribution in [2.45, 2.75) is 315 Å². The number of carbonyl (C=O) groups excluding carboxylic acids is 2. The lowest BCUT2D eigenvalue weighted by Crippen LogP contribution is -2.46. The SMILES string of the molecule is CCCCCCCCCCCCCCCCCC(=O)OC(CCCCCCCCCCCCCC)CC(=O)NC(CO)C(O)CCCCCCCCCCCCCC. The van der Waals surface area contributed by atoms with Crippen LogP contribution in [-0.2, 0) is 14.3 Å². The number of nitrogens with one attached hydrogen (secondary N) is 1. The molecule has 0 saturated heterocycles. The zero-order chi connectivity index (χ0) is 42.4. The lowest BCUT2D eigenvalue weighted by Gasteiger charge is -2.24. The third-order valence-corrected chi connectivity index (χ3v) is 12.4. The Morgan fingerprint density at radius 1 is 0.431 bits per heavy atom. The van der Waals surface area contributed by atoms with Crippen LogP contribution in [0.3, 0.4) is 0 Å². The summed E-state index contributed by atoms with van der Waals surface area (Å²) in [6.07, 6.45) is 50.2. The van der Waals surface area contributed by atoms with Gasteiger partial charge in [-0.05, 0) is 25.7 Å². The van der Waals surface area contributed by atoms with Gasteiger partial charge in [0.15, 0.2) is 0 Å². The molecule has 0 aromatic carbocycles. The highest BCUT2D eigenvalue weighted by atomic mass is 16.5. The summed E-state index contributed by atoms with van der Waals surface area (Å²) in [5.41, 5.74) is 0. The molecule has 346 valence electrons. The average molecular weight is 822 g/mol. The van der Waals surface area contributed by atoms with E-state index in [1.165, 1.54) is 212 Å². The molecule has 6 nitrogen and oxygen atoms in total. The lowest BCUT2D eigenvalue weighted by atomic mass is 10.0. The normalized spacial score (nSPS) is 13.1. The summed E-state index contributed by atoms with van der Waals surface area (Å²) in [6, 6.07) is -0.691. The van der Waals surface area contributed by atoms with Crippen molar-refractivity contribution >= 4 is 11.9 Å². The molecule has 0 saturated carbocycles. The second-order valence-corrected chi connectivity index (χ2v) is 18.3. The zero-order valence-electron chi connectivity index (χ0n) is 39.5. The van der Waals surface area contributed by atoms with Gasteiger partial charge in [-0.1, -0.05) is 258 Å². The molecule has 0 bridgehead atoms. The van der Waals surface area contributed by atoms with Crippen LogP contribution >= 0.6 is 0 Å². The van der Waals surface area contributed by atoms with Crippen LogP contribution in [0.1, 0.15) is 297 Å². The van der Waals surface area contributed by atoms with Crippen LogP contribution in [0, 0.1) is 0 Å². The highest BCUT2D eigenvalue weighted by Gasteiger charge is 2.24. The molecule has 3 unspecified atom stereocenters. The molecule has 58 heavy (non-hydrogen) atoms. The summed E-state index contributed by atoms with van der Waals surface area (Å²) in [5.74, 6) is -0.450. The molecule has 0 aromatic rings. The first-order valence-electron chi connectivity index (χ1n) is 26.3. The molecule has 1 amide bonds. The maximum Gasteiger partial charge on any atom is 0.306 e. The van der Waals surface area contributed by atoms with Crippen LogP contribution in [0.25, 0.3) is 0 Å². The fourth-order valence-corrected chi connectivity index (χ4v) is 8.43. The van der Waals surface area contributed by atoms with E-state index in [0.717, 1.165) is 38.5 Å². The molecular weight excluding hydrogens is 719 g/mol. The summed E-state index contributed by atoms with van der Waals surface area (Å²) in [7, 11) is 0. The minimum absolute atomic E-state index is 0.0878. The fraction of sp³-hybridized carbons (Fsp3) is 0.962. The minimum Gasteiger partial charge on any atom is -0.462 e. The maximum atomic E-state index is 13.2. The molecule has 0 rings (SSSR count). The number of esters is 1. The molecule has 6 heteroatoms. The number of unbranched alkanes of at least 4 members (excludes halogenated alkanes) is 36. The third-order valence-electron chi connectivity index (χ3n) is 12.4. The highest BCUT2D eigenvalue weighted by molar-refractivity contribution is 5.77. The summed E-state index contributed by atoms with van der Waals surface area (Å²) >= 11 is 0. The number of ether oxygens (including phenoxy) is 1. The second kappa shape index (κ2) is 46.9. The molecule has 0 aromatic heterocycles. The van der Waals surface area contributed by atoms with Crippen molar-refractivity contribution in [1.29, 1.82) is 0 Å². The van der Waals surface area contributed by atoms with Gasteiger partial charge in [-0.15, -0.1) is 0 Å². The van der Waals surface area contributed by atoms with Crippen LogP contribution in [-0.4, -0.2) is 46.9 Å². The lowest BCUT2D eigenvalue weighted by molar-refractivity contribution is -0.151. The van der Waals surface area contributed by atoms with Gasteiger partial charge in [0.05, 0.1) is 25.2 Å². The fourth-order valence-electron chi connectivity index (χ4n) is 8.43. The van der Waals surface area contributed by atoms with Crippen LogP contribution < -0.4 is 5.32 Å². The van der Waals surface area contributed by atoms with Crippen molar-refractivity contribution in [3.63, 3.8) is 0 Å². The van der Waals surface area contributed by atoms with Crippen molar-refractivity contribution in [1.82, 2.24) is 5.32 Å². The van der Waals surface area contributed by atoms with E-state index in [0.29, 0.717) is 19.3 Å². The molecule has 3 N–H and O–H groups in total. The van der Waals surface area contributed by atoms with E-state index in [1.54, 1.807) is 0 Å². The number of aliphatic hydroxyl groups is 2. The first-order chi connectivity index (χ1) is 28.5. The van der Waals surface area contributed by atoms with Gasteiger partial charge in [-0.3, -0.25) is 9.59 Å². The van der Waals surface area contributed by atoms with E-state index in [-0.39, 0.29) is 24.9 Å². The summed E-state index contributed by atoms with van der Waals surface area (Å²) in [5, 5.41) is 23.8. The molecule has 0 heterocycles. The standard InChI is InChI=1S/C52H103NO5/c1-4-7-10-13-16-19-22-25-26-27-30-33-36-39-42-45-52(57)58-48(43-40-37-34-31-28-23-20-17-14-11-8-5-2)46-51(56)53-49(47-54)50(55)44-41-38-35-32-29-24-21-18-15-12-9-6-3/h48-50,54-55H,4-47H2,1-3H3,(H,53,56). The Labute approximate surface area is 362 Å². The Hall–Kier alpha value is -1.14. The third kappa shape index (κ3) is 41.6. The summed E-state index contributed by atoms with van der Waals surface area (Å²) in [6.45, 7) is 6.51. The second-order valence-electron chi connectivity index (χ2n) is 18.3. The predicted molar refractivity (Wildman–Crippen MR) is 250 cm³/mol. The van der Waals surface area contributed by atoms with Crippen molar-refractivity contribution in [3.05, 3.63) is 0 Å². The van der Waals surface area contributed by atoms with Crippen molar-refractivity contribution in [2.24, 2.45) is 0 Å². The summed E-state index contributed by atoms with van der Waals surface area (Å²) < 4.78 is 5.94. The highest BCUT2D eigenvalue weighted by Crippen LogP contribution is 2.19. The number of hydrogen-bond donors (Lipinski definition) is 3. The zero-order valence-corrected chi connectivity index (χ0v) is 39.5. The Kier molecular flexibility index (Phi) is 46.0. The van der Waals surface area contributed by atoms with Crippen molar-refractivity contribution in [2.75, 3.05) is 6.61 Å². The van der Waals surface area contributed by atoms with Crippen LogP contribution in [0.5, 0.6) is 0 Å². The van der Waals surface area contributed by atoms with Gasteiger partial charge in [0.25, 0.3) is 0 Å².